The van der Waals surface area contributed by atoms with Crippen LogP contribution < -0.4 is 15.4 Å². The molecular formula is C22H22BrN3O3S2. The molecule has 0 spiro atoms. The molecule has 3 rings (SSSR count). The predicted molar refractivity (Wildman–Crippen MR) is 132 cm³/mol. The standard InChI is InChI=1S/C22H22BrN3O3S2/c1-29-18-7-5-15(6-8-18)9-10-24-21(30)25-11-12-26-20(27)19(31-22(26)28)14-16-3-2-4-17(23)13-16/h2-8,13-14H,9-12H2,1H3,(H2,24,25,30)/b19-14-. The van der Waals surface area contributed by atoms with Crippen molar-refractivity contribution in [2.75, 3.05) is 26.7 Å². The third-order valence-electron chi connectivity index (χ3n) is 4.50. The number of amides is 2. The predicted octanol–water partition coefficient (Wildman–Crippen LogP) is 4.20. The van der Waals surface area contributed by atoms with Gasteiger partial charge in [0, 0.05) is 24.1 Å². The smallest absolute Gasteiger partial charge is 0.293 e. The Morgan fingerprint density at radius 2 is 1.90 bits per heavy atom. The van der Waals surface area contributed by atoms with Crippen LogP contribution in [0.5, 0.6) is 5.75 Å². The average Bonchev–Trinajstić information content (AvgIpc) is 3.01. The minimum absolute atomic E-state index is 0.251. The van der Waals surface area contributed by atoms with E-state index in [1.807, 2.05) is 48.5 Å². The van der Waals surface area contributed by atoms with Crippen molar-refractivity contribution in [3.63, 3.8) is 0 Å². The zero-order chi connectivity index (χ0) is 22.2. The number of thioether (sulfide) groups is 1. The molecule has 0 atom stereocenters. The fourth-order valence-electron chi connectivity index (χ4n) is 2.90. The molecule has 31 heavy (non-hydrogen) atoms. The number of carbonyl (C=O) groups excluding carboxylic acids is 2. The van der Waals surface area contributed by atoms with Gasteiger partial charge in [-0.05, 0) is 71.9 Å². The van der Waals surface area contributed by atoms with Crippen LogP contribution in [0, 0.1) is 0 Å². The first-order chi connectivity index (χ1) is 15.0. The molecule has 1 fully saturated rings. The van der Waals surface area contributed by atoms with Crippen LogP contribution in [0.3, 0.4) is 0 Å². The normalized spacial score (nSPS) is 14.8. The second-order valence-corrected chi connectivity index (χ2v) is 8.99. The van der Waals surface area contributed by atoms with Crippen LogP contribution >= 0.6 is 39.9 Å². The average molecular weight is 520 g/mol. The molecule has 2 aromatic rings. The van der Waals surface area contributed by atoms with Crippen LogP contribution in [0.1, 0.15) is 11.1 Å². The van der Waals surface area contributed by atoms with Gasteiger partial charge in [-0.15, -0.1) is 0 Å². The molecular weight excluding hydrogens is 498 g/mol. The van der Waals surface area contributed by atoms with Crippen molar-refractivity contribution in [3.05, 3.63) is 69.0 Å². The quantitative estimate of drug-likeness (QED) is 0.400. The van der Waals surface area contributed by atoms with E-state index in [2.05, 4.69) is 26.6 Å². The molecule has 0 aliphatic carbocycles. The van der Waals surface area contributed by atoms with Crippen LogP contribution in [0.15, 0.2) is 57.9 Å². The molecule has 0 saturated carbocycles. The van der Waals surface area contributed by atoms with Crippen molar-refractivity contribution in [2.45, 2.75) is 6.42 Å². The number of ether oxygens (including phenoxy) is 1. The van der Waals surface area contributed by atoms with E-state index in [-0.39, 0.29) is 17.7 Å². The number of halogens is 1. The minimum Gasteiger partial charge on any atom is -0.497 e. The first-order valence-electron chi connectivity index (χ1n) is 9.62. The van der Waals surface area contributed by atoms with Crippen molar-refractivity contribution in [1.82, 2.24) is 15.5 Å². The number of nitrogens with zero attached hydrogens (tertiary/aromatic N) is 1. The lowest BCUT2D eigenvalue weighted by Crippen LogP contribution is -2.41. The second-order valence-electron chi connectivity index (χ2n) is 6.67. The molecule has 1 aliphatic heterocycles. The number of rotatable bonds is 8. The molecule has 6 nitrogen and oxygen atoms in total. The second kappa shape index (κ2) is 11.3. The molecule has 9 heteroatoms. The van der Waals surface area contributed by atoms with Gasteiger partial charge < -0.3 is 15.4 Å². The maximum absolute atomic E-state index is 12.6. The summed E-state index contributed by atoms with van der Waals surface area (Å²) in [5, 5.41) is 6.40. The van der Waals surface area contributed by atoms with Crippen LogP contribution in [0.2, 0.25) is 0 Å². The molecule has 1 saturated heterocycles. The van der Waals surface area contributed by atoms with Gasteiger partial charge in [0.1, 0.15) is 5.75 Å². The van der Waals surface area contributed by atoms with Gasteiger partial charge in [-0.1, -0.05) is 40.2 Å². The number of methoxy groups -OCH3 is 1. The molecule has 0 aromatic heterocycles. The highest BCUT2D eigenvalue weighted by Crippen LogP contribution is 2.32. The Morgan fingerprint density at radius 1 is 1.16 bits per heavy atom. The van der Waals surface area contributed by atoms with Crippen molar-refractivity contribution in [3.8, 4) is 5.75 Å². The summed E-state index contributed by atoms with van der Waals surface area (Å²) in [6.45, 7) is 1.31. The van der Waals surface area contributed by atoms with Gasteiger partial charge >= 0.3 is 0 Å². The summed E-state index contributed by atoms with van der Waals surface area (Å²) in [5.74, 6) is 0.544. The highest BCUT2D eigenvalue weighted by atomic mass is 79.9. The van der Waals surface area contributed by atoms with Gasteiger partial charge in [0.2, 0.25) is 0 Å². The molecule has 0 unspecified atom stereocenters. The van der Waals surface area contributed by atoms with E-state index in [0.717, 1.165) is 34.0 Å². The monoisotopic (exact) mass is 519 g/mol. The van der Waals surface area contributed by atoms with Gasteiger partial charge in [-0.25, -0.2) is 0 Å². The van der Waals surface area contributed by atoms with Gasteiger partial charge in [-0.2, -0.15) is 0 Å². The van der Waals surface area contributed by atoms with Crippen molar-refractivity contribution < 1.29 is 14.3 Å². The Labute approximate surface area is 199 Å². The van der Waals surface area contributed by atoms with Crippen LogP contribution in [0.25, 0.3) is 6.08 Å². The number of carbonyl (C=O) groups is 2. The van der Waals surface area contributed by atoms with Crippen molar-refractivity contribution in [2.24, 2.45) is 0 Å². The summed E-state index contributed by atoms with van der Waals surface area (Å²) in [5.41, 5.74) is 2.03. The topological polar surface area (TPSA) is 70.7 Å². The van der Waals surface area contributed by atoms with E-state index in [1.54, 1.807) is 13.2 Å². The minimum atomic E-state index is -0.282. The molecule has 1 aliphatic rings. The van der Waals surface area contributed by atoms with Crippen LogP contribution in [0.4, 0.5) is 4.79 Å². The Morgan fingerprint density at radius 3 is 2.61 bits per heavy atom. The zero-order valence-electron chi connectivity index (χ0n) is 16.9. The Bertz CT molecular complexity index is 996. The van der Waals surface area contributed by atoms with E-state index in [1.165, 1.54) is 10.5 Å². The summed E-state index contributed by atoms with van der Waals surface area (Å²) in [7, 11) is 1.64. The molecule has 1 heterocycles. The van der Waals surface area contributed by atoms with E-state index in [9.17, 15) is 9.59 Å². The SMILES string of the molecule is COc1ccc(CCNC(=S)NCCN2C(=O)S/C(=C\c3cccc(Br)c3)C2=O)cc1. The molecule has 0 radical (unpaired) electrons. The summed E-state index contributed by atoms with van der Waals surface area (Å²) in [4.78, 5) is 26.5. The fraction of sp³-hybridized carbons (Fsp3) is 0.227. The van der Waals surface area contributed by atoms with E-state index >= 15 is 0 Å². The molecule has 0 bridgehead atoms. The third kappa shape index (κ3) is 6.81. The van der Waals surface area contributed by atoms with Gasteiger partial charge in [0.15, 0.2) is 5.11 Å². The van der Waals surface area contributed by atoms with Crippen molar-refractivity contribution >= 4 is 62.2 Å². The lowest BCUT2D eigenvalue weighted by molar-refractivity contribution is -0.122. The van der Waals surface area contributed by atoms with Gasteiger partial charge in [0.05, 0.1) is 12.0 Å². The first-order valence-corrected chi connectivity index (χ1v) is 11.6. The third-order valence-corrected chi connectivity index (χ3v) is 6.19. The lowest BCUT2D eigenvalue weighted by Gasteiger charge is -2.15. The maximum atomic E-state index is 12.6. The Hall–Kier alpha value is -2.36. The highest BCUT2D eigenvalue weighted by molar-refractivity contribution is 9.10. The Kier molecular flexibility index (Phi) is 8.51. The summed E-state index contributed by atoms with van der Waals surface area (Å²) >= 11 is 9.64. The number of benzene rings is 2. The Balaban J connectivity index is 1.41. The molecule has 2 amide bonds. The summed E-state index contributed by atoms with van der Waals surface area (Å²) < 4.78 is 6.06. The number of thiocarbonyl (C=S) groups is 1. The van der Waals surface area contributed by atoms with Crippen LogP contribution in [-0.2, 0) is 11.2 Å². The summed E-state index contributed by atoms with van der Waals surface area (Å²) in [6.07, 6.45) is 2.55. The van der Waals surface area contributed by atoms with Crippen molar-refractivity contribution in [1.29, 1.82) is 0 Å². The van der Waals surface area contributed by atoms with E-state index < -0.39 is 0 Å². The van der Waals surface area contributed by atoms with Gasteiger partial charge in [-0.3, -0.25) is 14.5 Å². The summed E-state index contributed by atoms with van der Waals surface area (Å²) in [6, 6.07) is 15.4. The number of hydrogen-bond donors (Lipinski definition) is 2. The molecule has 2 N–H and O–H groups in total. The number of imide groups is 1. The first kappa shape index (κ1) is 23.3. The maximum Gasteiger partial charge on any atom is 0.293 e. The highest BCUT2D eigenvalue weighted by Gasteiger charge is 2.34. The zero-order valence-corrected chi connectivity index (χ0v) is 20.1. The lowest BCUT2D eigenvalue weighted by atomic mass is 10.1. The van der Waals surface area contributed by atoms with E-state index in [4.69, 9.17) is 17.0 Å². The largest absolute Gasteiger partial charge is 0.497 e. The number of nitrogens with one attached hydrogen (secondary N) is 2. The molecule has 162 valence electrons. The fourth-order valence-corrected chi connectivity index (χ4v) is 4.38. The number of hydrogen-bond acceptors (Lipinski definition) is 5. The molecule has 2 aromatic carbocycles. The van der Waals surface area contributed by atoms with Crippen LogP contribution in [-0.4, -0.2) is 47.9 Å². The van der Waals surface area contributed by atoms with Gasteiger partial charge in [0.25, 0.3) is 11.1 Å². The van der Waals surface area contributed by atoms with E-state index in [0.29, 0.717) is 23.1 Å².